The number of hydrogen-bond acceptors (Lipinski definition) is 5. The van der Waals surface area contributed by atoms with Crippen molar-refractivity contribution in [2.45, 2.75) is 56.2 Å². The Morgan fingerprint density at radius 2 is 2.00 bits per heavy atom. The highest BCUT2D eigenvalue weighted by Gasteiger charge is 2.47. The lowest BCUT2D eigenvalue weighted by molar-refractivity contribution is -0.122. The second-order valence-electron chi connectivity index (χ2n) is 8.77. The monoisotopic (exact) mass is 372 g/mol. The molecule has 4 fully saturated rings. The third kappa shape index (κ3) is 3.65. The number of fused-ring (bicyclic) bond motifs is 2. The minimum absolute atomic E-state index is 0.0456. The highest BCUT2D eigenvalue weighted by atomic mass is 16.5. The Bertz CT molecular complexity index is 721. The molecule has 3 atom stereocenters. The normalized spacial score (nSPS) is 32.7. The number of carbonyl (C=O) groups is 1. The lowest BCUT2D eigenvalue weighted by Crippen LogP contribution is -2.60. The number of piperidine rings is 1. The predicted octanol–water partition coefficient (Wildman–Crippen LogP) is 2.31. The zero-order chi connectivity index (χ0) is 18.4. The van der Waals surface area contributed by atoms with Crippen molar-refractivity contribution in [1.29, 1.82) is 0 Å². The van der Waals surface area contributed by atoms with E-state index in [0.717, 1.165) is 12.8 Å². The molecule has 5 rings (SSSR count). The molecule has 1 saturated carbocycles. The maximum atomic E-state index is 13.1. The summed E-state index contributed by atoms with van der Waals surface area (Å²) in [7, 11) is 0. The second-order valence-corrected chi connectivity index (χ2v) is 8.77. The van der Waals surface area contributed by atoms with Gasteiger partial charge in [-0.2, -0.15) is 0 Å². The van der Waals surface area contributed by atoms with Crippen molar-refractivity contribution in [2.75, 3.05) is 26.3 Å². The van der Waals surface area contributed by atoms with Gasteiger partial charge in [0.15, 0.2) is 0 Å². The first-order valence-electron chi connectivity index (χ1n) is 10.2. The predicted molar refractivity (Wildman–Crippen MR) is 100 cm³/mol. The molecule has 3 aliphatic heterocycles. The van der Waals surface area contributed by atoms with Gasteiger partial charge in [0.1, 0.15) is 11.5 Å². The summed E-state index contributed by atoms with van der Waals surface area (Å²) >= 11 is 0. The van der Waals surface area contributed by atoms with E-state index in [4.69, 9.17) is 9.47 Å². The van der Waals surface area contributed by atoms with Crippen LogP contribution in [-0.2, 0) is 4.74 Å². The van der Waals surface area contributed by atoms with E-state index < -0.39 is 0 Å². The van der Waals surface area contributed by atoms with Crippen LogP contribution in [0.25, 0.3) is 0 Å². The molecule has 1 aliphatic carbocycles. The van der Waals surface area contributed by atoms with Crippen molar-refractivity contribution in [3.63, 3.8) is 0 Å². The maximum Gasteiger partial charge on any atom is 0.254 e. The van der Waals surface area contributed by atoms with Gasteiger partial charge in [0.25, 0.3) is 5.91 Å². The number of hydrogen-bond donors (Lipinski definition) is 2. The average molecular weight is 372 g/mol. The molecule has 6 nitrogen and oxygen atoms in total. The molecule has 2 bridgehead atoms. The molecule has 1 aromatic carbocycles. The van der Waals surface area contributed by atoms with Crippen molar-refractivity contribution < 1.29 is 19.4 Å². The number of morpholine rings is 1. The summed E-state index contributed by atoms with van der Waals surface area (Å²) in [6.07, 6.45) is 6.77. The number of aromatic hydroxyl groups is 1. The molecule has 2 N–H and O–H groups in total. The van der Waals surface area contributed by atoms with Gasteiger partial charge in [-0.15, -0.1) is 0 Å². The first-order valence-corrected chi connectivity index (χ1v) is 10.2. The lowest BCUT2D eigenvalue weighted by Gasteiger charge is -2.47. The SMILES string of the molecule is O=C(c1cc(O)cc(OCC2CC2)c1)N1CCOC2(C[C@H]3CC[C@@H](C2)N3)C1. The van der Waals surface area contributed by atoms with E-state index in [9.17, 15) is 9.90 Å². The molecule has 1 aromatic rings. The van der Waals surface area contributed by atoms with Crippen LogP contribution in [-0.4, -0.2) is 59.9 Å². The van der Waals surface area contributed by atoms with Crippen LogP contribution in [0.2, 0.25) is 0 Å². The third-order valence-electron chi connectivity index (χ3n) is 6.43. The van der Waals surface area contributed by atoms with Gasteiger partial charge >= 0.3 is 0 Å². The Labute approximate surface area is 159 Å². The molecule has 3 heterocycles. The summed E-state index contributed by atoms with van der Waals surface area (Å²) in [5, 5.41) is 13.7. The Morgan fingerprint density at radius 3 is 2.74 bits per heavy atom. The van der Waals surface area contributed by atoms with Crippen LogP contribution < -0.4 is 10.1 Å². The quantitative estimate of drug-likeness (QED) is 0.849. The fourth-order valence-electron chi connectivity index (χ4n) is 4.94. The van der Waals surface area contributed by atoms with E-state index in [1.54, 1.807) is 18.2 Å². The Morgan fingerprint density at radius 1 is 1.22 bits per heavy atom. The number of amides is 1. The summed E-state index contributed by atoms with van der Waals surface area (Å²) in [4.78, 5) is 15.0. The highest BCUT2D eigenvalue weighted by Crippen LogP contribution is 2.39. The minimum Gasteiger partial charge on any atom is -0.508 e. The van der Waals surface area contributed by atoms with Gasteiger partial charge in [0, 0.05) is 30.3 Å². The fourth-order valence-corrected chi connectivity index (χ4v) is 4.94. The first kappa shape index (κ1) is 17.3. The number of carbonyl (C=O) groups excluding carboxylic acids is 1. The molecule has 6 heteroatoms. The maximum absolute atomic E-state index is 13.1. The number of nitrogens with zero attached hydrogens (tertiary/aromatic N) is 1. The topological polar surface area (TPSA) is 71.0 Å². The summed E-state index contributed by atoms with van der Waals surface area (Å²) in [5.41, 5.74) is 0.280. The highest BCUT2D eigenvalue weighted by molar-refractivity contribution is 5.95. The van der Waals surface area contributed by atoms with Crippen molar-refractivity contribution >= 4 is 5.91 Å². The Hall–Kier alpha value is -1.79. The first-order chi connectivity index (χ1) is 13.1. The molecule has 0 aromatic heterocycles. The van der Waals surface area contributed by atoms with Crippen molar-refractivity contribution in [3.05, 3.63) is 23.8 Å². The van der Waals surface area contributed by atoms with E-state index >= 15 is 0 Å². The van der Waals surface area contributed by atoms with Gasteiger partial charge in [0.05, 0.1) is 25.4 Å². The summed E-state index contributed by atoms with van der Waals surface area (Å²) in [6.45, 7) is 2.47. The lowest BCUT2D eigenvalue weighted by atomic mass is 9.85. The fraction of sp³-hybridized carbons (Fsp3) is 0.667. The molecule has 146 valence electrons. The van der Waals surface area contributed by atoms with Crippen molar-refractivity contribution in [3.8, 4) is 11.5 Å². The van der Waals surface area contributed by atoms with Gasteiger partial charge in [-0.1, -0.05) is 0 Å². The number of phenolic OH excluding ortho intramolecular Hbond substituents is 1. The average Bonchev–Trinajstić information content (AvgIpc) is 3.42. The molecule has 1 amide bonds. The molecule has 27 heavy (non-hydrogen) atoms. The summed E-state index contributed by atoms with van der Waals surface area (Å²) in [5.74, 6) is 1.24. The van der Waals surface area contributed by atoms with Gasteiger partial charge in [-0.3, -0.25) is 4.79 Å². The zero-order valence-electron chi connectivity index (χ0n) is 15.7. The van der Waals surface area contributed by atoms with Crippen LogP contribution in [0, 0.1) is 5.92 Å². The summed E-state index contributed by atoms with van der Waals surface area (Å²) in [6, 6.07) is 5.92. The Balaban J connectivity index is 1.31. The third-order valence-corrected chi connectivity index (χ3v) is 6.43. The molecular weight excluding hydrogens is 344 g/mol. The number of nitrogens with one attached hydrogen (secondary N) is 1. The van der Waals surface area contributed by atoms with Gasteiger partial charge in [-0.05, 0) is 56.6 Å². The van der Waals surface area contributed by atoms with Crippen LogP contribution in [0.4, 0.5) is 0 Å². The number of ether oxygens (including phenoxy) is 2. The van der Waals surface area contributed by atoms with E-state index in [1.165, 1.54) is 25.7 Å². The van der Waals surface area contributed by atoms with Gasteiger partial charge in [0.2, 0.25) is 0 Å². The number of benzene rings is 1. The molecule has 3 saturated heterocycles. The molecular formula is C21H28N2O4. The molecule has 0 radical (unpaired) electrons. The van der Waals surface area contributed by atoms with Crippen molar-refractivity contribution in [1.82, 2.24) is 10.2 Å². The number of rotatable bonds is 4. The molecule has 1 unspecified atom stereocenters. The van der Waals surface area contributed by atoms with Crippen molar-refractivity contribution in [2.24, 2.45) is 5.92 Å². The second kappa shape index (κ2) is 6.67. The largest absolute Gasteiger partial charge is 0.508 e. The van der Waals surface area contributed by atoms with Crippen LogP contribution in [0.1, 0.15) is 48.9 Å². The molecule has 4 aliphatic rings. The van der Waals surface area contributed by atoms with E-state index in [-0.39, 0.29) is 17.3 Å². The van der Waals surface area contributed by atoms with Gasteiger partial charge in [-0.25, -0.2) is 0 Å². The zero-order valence-corrected chi connectivity index (χ0v) is 15.7. The molecule has 1 spiro atoms. The summed E-state index contributed by atoms with van der Waals surface area (Å²) < 4.78 is 12.0. The standard InChI is InChI=1S/C21H28N2O4/c24-18-7-15(8-19(9-18)26-12-14-1-2-14)20(25)23-5-6-27-21(13-23)10-16-3-4-17(11-21)22-16/h7-9,14,16-17,22,24H,1-6,10-13H2/t16-,17+,21?. The van der Waals surface area contributed by atoms with E-state index in [1.807, 2.05) is 4.90 Å². The van der Waals surface area contributed by atoms with Crippen LogP contribution >= 0.6 is 0 Å². The smallest absolute Gasteiger partial charge is 0.254 e. The minimum atomic E-state index is -0.215. The van der Waals surface area contributed by atoms with Crippen LogP contribution in [0.5, 0.6) is 11.5 Å². The van der Waals surface area contributed by atoms with Crippen LogP contribution in [0.3, 0.4) is 0 Å². The van der Waals surface area contributed by atoms with Gasteiger partial charge < -0.3 is 24.8 Å². The van der Waals surface area contributed by atoms with E-state index in [2.05, 4.69) is 5.32 Å². The van der Waals surface area contributed by atoms with E-state index in [0.29, 0.717) is 55.6 Å². The Kier molecular flexibility index (Phi) is 4.28. The number of phenols is 1. The van der Waals surface area contributed by atoms with Crippen LogP contribution in [0.15, 0.2) is 18.2 Å².